The summed E-state index contributed by atoms with van der Waals surface area (Å²) in [5.74, 6) is 1.56. The SMILES string of the molecule is CCC(CN1CCCC1=O)C1NC(c2ccc([C@](C)(O)c3cccc(C4CCC4)c3)cc2)=C2C(N)=NC=CN21. The van der Waals surface area contributed by atoms with E-state index < -0.39 is 5.60 Å². The van der Waals surface area contributed by atoms with Crippen molar-refractivity contribution in [3.8, 4) is 0 Å². The molecule has 4 aliphatic rings. The maximum atomic E-state index is 12.4. The first-order chi connectivity index (χ1) is 18.9. The molecule has 0 bridgehead atoms. The summed E-state index contributed by atoms with van der Waals surface area (Å²) in [6.07, 6.45) is 9.94. The van der Waals surface area contributed by atoms with Gasteiger partial charge in [-0.1, -0.05) is 61.9 Å². The van der Waals surface area contributed by atoms with E-state index in [0.29, 0.717) is 18.2 Å². The van der Waals surface area contributed by atoms with Gasteiger partial charge in [-0.2, -0.15) is 0 Å². The standard InChI is InChI=1S/C32H39N5O2/c1-3-21(20-36-17-6-11-27(36)38)31-35-28(29-30(33)34-16-18-37(29)31)23-12-14-25(15-13-23)32(2,39)26-10-5-9-24(19-26)22-7-4-8-22/h5,9-10,12-16,18-19,21-22,31,35,39H,3-4,6-8,11,17,20H2,1-2H3,(H2,33,34)/t21?,31?,32-/m0/s1. The topological polar surface area (TPSA) is 94.2 Å². The van der Waals surface area contributed by atoms with Crippen LogP contribution in [0.4, 0.5) is 0 Å². The molecule has 2 aromatic rings. The molecular weight excluding hydrogens is 486 g/mol. The van der Waals surface area contributed by atoms with Crippen LogP contribution in [0.25, 0.3) is 5.70 Å². The number of hydrogen-bond acceptors (Lipinski definition) is 6. The van der Waals surface area contributed by atoms with Crippen LogP contribution in [0, 0.1) is 5.92 Å². The summed E-state index contributed by atoms with van der Waals surface area (Å²) in [7, 11) is 0. The molecule has 2 fully saturated rings. The Morgan fingerprint density at radius 3 is 2.62 bits per heavy atom. The molecule has 1 aliphatic carbocycles. The Balaban J connectivity index is 1.27. The summed E-state index contributed by atoms with van der Waals surface area (Å²) in [6.45, 7) is 5.60. The quantitative estimate of drug-likeness (QED) is 0.468. The molecule has 7 nitrogen and oxygen atoms in total. The van der Waals surface area contributed by atoms with Crippen molar-refractivity contribution in [1.29, 1.82) is 0 Å². The van der Waals surface area contributed by atoms with E-state index in [-0.39, 0.29) is 18.0 Å². The fourth-order valence-corrected chi connectivity index (χ4v) is 6.39. The van der Waals surface area contributed by atoms with E-state index in [2.05, 4.69) is 40.3 Å². The highest BCUT2D eigenvalue weighted by Crippen LogP contribution is 2.39. The number of nitrogens with one attached hydrogen (secondary N) is 1. The second-order valence-corrected chi connectivity index (χ2v) is 11.5. The molecule has 3 atom stereocenters. The Morgan fingerprint density at radius 2 is 1.95 bits per heavy atom. The highest BCUT2D eigenvalue weighted by atomic mass is 16.3. The lowest BCUT2D eigenvalue weighted by molar-refractivity contribution is -0.128. The zero-order chi connectivity index (χ0) is 27.1. The van der Waals surface area contributed by atoms with Crippen molar-refractivity contribution in [2.24, 2.45) is 16.6 Å². The number of carbonyl (C=O) groups excluding carboxylic acids is 1. The molecule has 0 radical (unpaired) electrons. The van der Waals surface area contributed by atoms with Crippen LogP contribution in [0.3, 0.4) is 0 Å². The Labute approximate surface area is 231 Å². The third-order valence-electron chi connectivity index (χ3n) is 9.13. The average molecular weight is 526 g/mol. The highest BCUT2D eigenvalue weighted by Gasteiger charge is 2.39. The number of hydrogen-bond donors (Lipinski definition) is 3. The maximum absolute atomic E-state index is 12.4. The van der Waals surface area contributed by atoms with Crippen LogP contribution in [-0.2, 0) is 10.4 Å². The molecule has 6 rings (SSSR count). The number of nitrogens with two attached hydrogens (primary N) is 1. The zero-order valence-electron chi connectivity index (χ0n) is 22.9. The number of likely N-dealkylation sites (tertiary alicyclic amines) is 1. The lowest BCUT2D eigenvalue weighted by Gasteiger charge is -2.34. The van der Waals surface area contributed by atoms with Gasteiger partial charge in [0.1, 0.15) is 23.3 Å². The van der Waals surface area contributed by atoms with Crippen LogP contribution < -0.4 is 11.1 Å². The van der Waals surface area contributed by atoms with Gasteiger partial charge in [0.05, 0.1) is 5.70 Å². The second kappa shape index (κ2) is 10.2. The van der Waals surface area contributed by atoms with E-state index in [9.17, 15) is 9.90 Å². The molecule has 2 aromatic carbocycles. The third-order valence-corrected chi connectivity index (χ3v) is 9.13. The molecule has 1 amide bonds. The first-order valence-corrected chi connectivity index (χ1v) is 14.4. The number of amidine groups is 1. The van der Waals surface area contributed by atoms with Crippen molar-refractivity contribution in [2.75, 3.05) is 13.1 Å². The van der Waals surface area contributed by atoms with Crippen LogP contribution in [0.5, 0.6) is 0 Å². The van der Waals surface area contributed by atoms with E-state index in [1.165, 1.54) is 24.8 Å². The number of aliphatic imine (C=N–C) groups is 1. The molecule has 0 aromatic heterocycles. The van der Waals surface area contributed by atoms with Crippen molar-refractivity contribution in [2.45, 2.75) is 70.1 Å². The normalized spacial score (nSPS) is 23.3. The van der Waals surface area contributed by atoms with Gasteiger partial charge in [0, 0.05) is 37.8 Å². The Kier molecular flexibility index (Phi) is 6.71. The molecule has 0 spiro atoms. The predicted octanol–water partition coefficient (Wildman–Crippen LogP) is 4.60. The first-order valence-electron chi connectivity index (χ1n) is 14.4. The van der Waals surface area contributed by atoms with Gasteiger partial charge in [0.2, 0.25) is 5.91 Å². The van der Waals surface area contributed by atoms with Crippen LogP contribution in [-0.4, -0.2) is 45.9 Å². The molecule has 39 heavy (non-hydrogen) atoms. The average Bonchev–Trinajstić information content (AvgIpc) is 3.50. The summed E-state index contributed by atoms with van der Waals surface area (Å²) < 4.78 is 0. The first kappa shape index (κ1) is 25.7. The fraction of sp³-hybridized carbons (Fsp3) is 0.438. The molecule has 3 aliphatic heterocycles. The third kappa shape index (κ3) is 4.63. The number of rotatable bonds is 8. The van der Waals surface area contributed by atoms with Gasteiger partial charge < -0.3 is 26.0 Å². The van der Waals surface area contributed by atoms with Crippen LogP contribution in [0.1, 0.15) is 80.5 Å². The second-order valence-electron chi connectivity index (χ2n) is 11.5. The van der Waals surface area contributed by atoms with E-state index in [1.807, 2.05) is 48.4 Å². The summed E-state index contributed by atoms with van der Waals surface area (Å²) in [5.41, 5.74) is 11.2. The maximum Gasteiger partial charge on any atom is 0.222 e. The smallest absolute Gasteiger partial charge is 0.222 e. The number of carbonyl (C=O) groups is 1. The molecule has 7 heteroatoms. The molecule has 204 valence electrons. The summed E-state index contributed by atoms with van der Waals surface area (Å²) in [6, 6.07) is 16.5. The number of amides is 1. The van der Waals surface area contributed by atoms with Crippen molar-refractivity contribution in [3.63, 3.8) is 0 Å². The number of benzene rings is 2. The van der Waals surface area contributed by atoms with Gasteiger partial charge in [-0.05, 0) is 60.8 Å². The Bertz CT molecular complexity index is 1340. The largest absolute Gasteiger partial charge is 0.382 e. The van der Waals surface area contributed by atoms with Crippen molar-refractivity contribution in [3.05, 3.63) is 88.9 Å². The van der Waals surface area contributed by atoms with E-state index in [1.54, 1.807) is 6.20 Å². The Morgan fingerprint density at radius 1 is 1.15 bits per heavy atom. The van der Waals surface area contributed by atoms with Crippen molar-refractivity contribution < 1.29 is 9.90 Å². The minimum Gasteiger partial charge on any atom is -0.382 e. The van der Waals surface area contributed by atoms with Crippen LogP contribution in [0.2, 0.25) is 0 Å². The van der Waals surface area contributed by atoms with Gasteiger partial charge in [0.25, 0.3) is 0 Å². The predicted molar refractivity (Wildman–Crippen MR) is 154 cm³/mol. The fourth-order valence-electron chi connectivity index (χ4n) is 6.39. The van der Waals surface area contributed by atoms with E-state index >= 15 is 0 Å². The molecular formula is C32H39N5O2. The van der Waals surface area contributed by atoms with Crippen LogP contribution >= 0.6 is 0 Å². The van der Waals surface area contributed by atoms with Crippen molar-refractivity contribution in [1.82, 2.24) is 15.1 Å². The van der Waals surface area contributed by atoms with Crippen LogP contribution in [0.15, 0.2) is 71.6 Å². The molecule has 4 N–H and O–H groups in total. The number of fused-ring (bicyclic) bond motifs is 1. The highest BCUT2D eigenvalue weighted by molar-refractivity contribution is 6.05. The number of nitrogens with zero attached hydrogens (tertiary/aromatic N) is 3. The minimum atomic E-state index is -1.10. The molecule has 1 saturated heterocycles. The summed E-state index contributed by atoms with van der Waals surface area (Å²) in [5, 5.41) is 15.4. The summed E-state index contributed by atoms with van der Waals surface area (Å²) >= 11 is 0. The van der Waals surface area contributed by atoms with Gasteiger partial charge in [-0.3, -0.25) is 4.79 Å². The van der Waals surface area contributed by atoms with Gasteiger partial charge in [0.15, 0.2) is 0 Å². The van der Waals surface area contributed by atoms with E-state index in [0.717, 1.165) is 54.0 Å². The monoisotopic (exact) mass is 525 g/mol. The molecule has 1 saturated carbocycles. The minimum absolute atomic E-state index is 0.0317. The Hall–Kier alpha value is -3.58. The van der Waals surface area contributed by atoms with Gasteiger partial charge in [-0.25, -0.2) is 4.99 Å². The van der Waals surface area contributed by atoms with E-state index in [4.69, 9.17) is 5.73 Å². The lowest BCUT2D eigenvalue weighted by Crippen LogP contribution is -2.47. The number of aliphatic hydroxyl groups is 1. The van der Waals surface area contributed by atoms with Gasteiger partial charge >= 0.3 is 0 Å². The van der Waals surface area contributed by atoms with Gasteiger partial charge in [-0.15, -0.1) is 0 Å². The molecule has 2 unspecified atom stereocenters. The molecule has 3 heterocycles. The van der Waals surface area contributed by atoms with Crippen molar-refractivity contribution >= 4 is 17.4 Å². The zero-order valence-corrected chi connectivity index (χ0v) is 22.9. The lowest BCUT2D eigenvalue weighted by atomic mass is 9.78. The summed E-state index contributed by atoms with van der Waals surface area (Å²) in [4.78, 5) is 20.9.